The number of benzene rings is 2. The number of ether oxygens (including phenoxy) is 2. The molecule has 0 saturated carbocycles. The van der Waals surface area contributed by atoms with Gasteiger partial charge in [-0.3, -0.25) is 9.58 Å². The summed E-state index contributed by atoms with van der Waals surface area (Å²) in [5.41, 5.74) is 9.81. The number of anilines is 2. The van der Waals surface area contributed by atoms with Crippen molar-refractivity contribution in [3.8, 4) is 23.2 Å². The molecule has 2 saturated heterocycles. The van der Waals surface area contributed by atoms with Crippen molar-refractivity contribution in [3.63, 3.8) is 0 Å². The Hall–Kier alpha value is -4.16. The van der Waals surface area contributed by atoms with Crippen LogP contribution in [0, 0.1) is 17.1 Å². The van der Waals surface area contributed by atoms with Gasteiger partial charge in [-0.15, -0.1) is 16.4 Å². The van der Waals surface area contributed by atoms with E-state index in [-0.39, 0.29) is 46.1 Å². The number of hydrogen-bond acceptors (Lipinski definition) is 11. The first-order chi connectivity index (χ1) is 22.3. The lowest BCUT2D eigenvalue weighted by molar-refractivity contribution is 0.107. The third kappa shape index (κ3) is 4.56. The zero-order valence-electron chi connectivity index (χ0n) is 24.7. The number of rotatable bonds is 7. The number of halogens is 3. The highest BCUT2D eigenvalue weighted by molar-refractivity contribution is 7.23. The summed E-state index contributed by atoms with van der Waals surface area (Å²) in [6, 6.07) is 5.20. The van der Waals surface area contributed by atoms with E-state index in [0.717, 1.165) is 41.9 Å². The second kappa shape index (κ2) is 11.0. The molecule has 3 N–H and O–H groups in total. The minimum absolute atomic E-state index is 0.0890. The Bertz CT molecular complexity index is 2100. The number of aryl methyl sites for hydroxylation is 1. The molecule has 0 unspecified atom stereocenters. The van der Waals surface area contributed by atoms with E-state index in [4.69, 9.17) is 36.8 Å². The quantitative estimate of drug-likeness (QED) is 0.230. The van der Waals surface area contributed by atoms with E-state index >= 15 is 4.39 Å². The van der Waals surface area contributed by atoms with Crippen molar-refractivity contribution in [1.29, 1.82) is 5.26 Å². The molecule has 0 radical (unpaired) electrons. The molecule has 0 amide bonds. The van der Waals surface area contributed by atoms with Crippen LogP contribution in [0.2, 0.25) is 5.02 Å². The van der Waals surface area contributed by atoms with Gasteiger partial charge in [0, 0.05) is 37.2 Å². The molecule has 0 bridgehead atoms. The van der Waals surface area contributed by atoms with Gasteiger partial charge in [0.15, 0.2) is 0 Å². The van der Waals surface area contributed by atoms with Crippen molar-refractivity contribution in [3.05, 3.63) is 51.6 Å². The van der Waals surface area contributed by atoms with Crippen LogP contribution in [0.1, 0.15) is 41.6 Å². The molecule has 236 valence electrons. The lowest BCUT2D eigenvalue weighted by Crippen LogP contribution is -2.43. The van der Waals surface area contributed by atoms with Crippen LogP contribution in [-0.4, -0.2) is 61.3 Å². The number of nitriles is 1. The second-order valence-corrected chi connectivity index (χ2v) is 13.5. The number of aromatic nitrogens is 5. The number of nitrogens with one attached hydrogen (secondary N) is 1. The molecular weight excluding hydrogens is 636 g/mol. The third-order valence-corrected chi connectivity index (χ3v) is 10.7. The van der Waals surface area contributed by atoms with E-state index in [2.05, 4.69) is 26.6 Å². The first-order valence-corrected chi connectivity index (χ1v) is 16.1. The summed E-state index contributed by atoms with van der Waals surface area (Å²) >= 11 is 8.31. The summed E-state index contributed by atoms with van der Waals surface area (Å²) in [6.07, 6.45) is 3.11. The number of nitrogen functional groups attached to an aromatic ring is 1. The van der Waals surface area contributed by atoms with Gasteiger partial charge >= 0.3 is 6.01 Å². The Balaban J connectivity index is 1.31. The molecule has 5 aromatic rings. The predicted octanol–water partition coefficient (Wildman–Crippen LogP) is 5.48. The van der Waals surface area contributed by atoms with Gasteiger partial charge in [0.2, 0.25) is 0 Å². The van der Waals surface area contributed by atoms with Crippen LogP contribution >= 0.6 is 22.9 Å². The molecule has 0 spiro atoms. The molecular formula is C31H28ClF2N9O2S. The minimum atomic E-state index is -0.901. The van der Waals surface area contributed by atoms with Gasteiger partial charge < -0.3 is 20.5 Å². The fraction of sp³-hybridized carbons (Fsp3) is 0.387. The molecule has 11 nitrogen and oxygen atoms in total. The lowest BCUT2D eigenvalue weighted by atomic mass is 9.91. The van der Waals surface area contributed by atoms with E-state index < -0.39 is 17.5 Å². The fourth-order valence-electron chi connectivity index (χ4n) is 7.29. The second-order valence-electron chi connectivity index (χ2n) is 12.1. The van der Waals surface area contributed by atoms with Crippen molar-refractivity contribution >= 4 is 54.7 Å². The molecule has 3 aromatic heterocycles. The smallest absolute Gasteiger partial charge is 0.319 e. The summed E-state index contributed by atoms with van der Waals surface area (Å²) in [4.78, 5) is 11.8. The summed E-state index contributed by atoms with van der Waals surface area (Å²) in [5, 5.41) is 23.1. The van der Waals surface area contributed by atoms with Gasteiger partial charge in [-0.1, -0.05) is 22.9 Å². The van der Waals surface area contributed by atoms with Gasteiger partial charge in [0.05, 0.1) is 51.5 Å². The Labute approximate surface area is 270 Å². The van der Waals surface area contributed by atoms with Crippen LogP contribution in [-0.2, 0) is 31.5 Å². The van der Waals surface area contributed by atoms with Crippen LogP contribution in [0.4, 0.5) is 19.6 Å². The Kier molecular flexibility index (Phi) is 6.98. The zero-order chi connectivity index (χ0) is 31.7. The van der Waals surface area contributed by atoms with Gasteiger partial charge in [0.25, 0.3) is 0 Å². The number of hydrogen-bond donors (Lipinski definition) is 2. The molecule has 46 heavy (non-hydrogen) atoms. The van der Waals surface area contributed by atoms with Gasteiger partial charge in [-0.05, 0) is 42.1 Å². The van der Waals surface area contributed by atoms with Crippen LogP contribution in [0.3, 0.4) is 0 Å². The third-order valence-electron chi connectivity index (χ3n) is 9.29. The normalized spacial score (nSPS) is 20.8. The molecule has 2 fully saturated rings. The largest absolute Gasteiger partial charge is 0.461 e. The molecule has 6 heterocycles. The van der Waals surface area contributed by atoms with Crippen molar-refractivity contribution in [1.82, 2.24) is 29.9 Å². The summed E-state index contributed by atoms with van der Waals surface area (Å²) in [6.45, 7) is 2.28. The topological polar surface area (TPSA) is 140 Å². The van der Waals surface area contributed by atoms with E-state index in [1.807, 2.05) is 0 Å². The van der Waals surface area contributed by atoms with Gasteiger partial charge in [-0.25, -0.2) is 8.78 Å². The predicted molar refractivity (Wildman–Crippen MR) is 170 cm³/mol. The molecule has 8 rings (SSSR count). The van der Waals surface area contributed by atoms with Crippen LogP contribution < -0.4 is 15.8 Å². The molecule has 15 heteroatoms. The van der Waals surface area contributed by atoms with Crippen LogP contribution in [0.5, 0.6) is 6.01 Å². The van der Waals surface area contributed by atoms with Gasteiger partial charge in [-0.2, -0.15) is 15.2 Å². The van der Waals surface area contributed by atoms with E-state index in [1.165, 1.54) is 6.07 Å². The average Bonchev–Trinajstić information content (AvgIpc) is 3.85. The standard InChI is InChI=1S/C31H28ClF2N9O2S/c1-42-11-16(40-41-42)9-37-29-24-20-13-44-12-19(20)22(17-3-4-21(34)27-23(17)18(8-35)28(36)46-27)25(32)26(24)38-30(39-29)45-14-31-5-2-6-43(31)10-15(33)7-31/h3-4,11,15H,2,5-7,9-10,12-14,36H2,1H3,(H,37,38,39)/t15-,31+/m1/s1. The van der Waals surface area contributed by atoms with Crippen molar-refractivity contribution in [2.75, 3.05) is 30.7 Å². The van der Waals surface area contributed by atoms with Crippen LogP contribution in [0.15, 0.2) is 18.3 Å². The van der Waals surface area contributed by atoms with E-state index in [1.54, 1.807) is 24.0 Å². The van der Waals surface area contributed by atoms with Crippen LogP contribution in [0.25, 0.3) is 32.1 Å². The number of alkyl halides is 1. The van der Waals surface area contributed by atoms with Gasteiger partial charge in [0.1, 0.15) is 41.2 Å². The lowest BCUT2D eigenvalue weighted by Gasteiger charge is -2.30. The maximum absolute atomic E-state index is 15.0. The molecule has 3 aliphatic heterocycles. The monoisotopic (exact) mass is 663 g/mol. The average molecular weight is 664 g/mol. The van der Waals surface area contributed by atoms with E-state index in [0.29, 0.717) is 58.4 Å². The molecule has 2 atom stereocenters. The van der Waals surface area contributed by atoms with Crippen molar-refractivity contribution in [2.24, 2.45) is 7.05 Å². The minimum Gasteiger partial charge on any atom is -0.461 e. The fourth-order valence-corrected chi connectivity index (χ4v) is 8.59. The summed E-state index contributed by atoms with van der Waals surface area (Å²) in [5.74, 6) is -0.00352. The number of thiophene rings is 1. The molecule has 0 aliphatic carbocycles. The highest BCUT2D eigenvalue weighted by Gasteiger charge is 2.49. The summed E-state index contributed by atoms with van der Waals surface area (Å²) < 4.78 is 43.6. The number of nitrogens with zero attached hydrogens (tertiary/aromatic N) is 7. The van der Waals surface area contributed by atoms with Crippen molar-refractivity contribution < 1.29 is 18.3 Å². The Morgan fingerprint density at radius 1 is 1.28 bits per heavy atom. The Morgan fingerprint density at radius 3 is 2.93 bits per heavy atom. The molecule has 2 aromatic carbocycles. The first kappa shape index (κ1) is 29.3. The maximum Gasteiger partial charge on any atom is 0.319 e. The van der Waals surface area contributed by atoms with E-state index in [9.17, 15) is 9.65 Å². The number of nitrogens with two attached hydrogens (primary N) is 1. The highest BCUT2D eigenvalue weighted by atomic mass is 35.5. The SMILES string of the molecule is Cn1cc(CNc2nc(OC[C@@]34CCCN3C[C@H](F)C4)nc3c(Cl)c(-c4ccc(F)c5sc(N)c(C#N)c45)c4c(c23)COC4)nn1. The Morgan fingerprint density at radius 2 is 2.13 bits per heavy atom. The maximum atomic E-state index is 15.0. The number of fused-ring (bicyclic) bond motifs is 5. The molecule has 3 aliphatic rings. The first-order valence-electron chi connectivity index (χ1n) is 14.9. The summed E-state index contributed by atoms with van der Waals surface area (Å²) in [7, 11) is 1.79. The van der Waals surface area contributed by atoms with Crippen molar-refractivity contribution in [2.45, 2.75) is 50.7 Å². The zero-order valence-corrected chi connectivity index (χ0v) is 26.3. The highest BCUT2D eigenvalue weighted by Crippen LogP contribution is 2.49.